The number of halogens is 2. The van der Waals surface area contributed by atoms with E-state index < -0.39 is 11.7 Å². The van der Waals surface area contributed by atoms with Gasteiger partial charge in [-0.05, 0) is 40.2 Å². The fraction of sp³-hybridized carbons (Fsp3) is 0.286. The summed E-state index contributed by atoms with van der Waals surface area (Å²) >= 11 is 9.45. The van der Waals surface area contributed by atoms with Crippen LogP contribution >= 0.6 is 27.5 Å². The van der Waals surface area contributed by atoms with Crippen molar-refractivity contribution >= 4 is 56.5 Å². The van der Waals surface area contributed by atoms with Gasteiger partial charge in [0.2, 0.25) is 5.91 Å². The lowest BCUT2D eigenvalue weighted by Crippen LogP contribution is -2.52. The molecule has 0 spiro atoms. The van der Waals surface area contributed by atoms with Gasteiger partial charge in [0.25, 0.3) is 5.78 Å². The van der Waals surface area contributed by atoms with E-state index in [4.69, 9.17) is 11.6 Å². The van der Waals surface area contributed by atoms with Crippen molar-refractivity contribution < 1.29 is 14.4 Å². The number of piperazine rings is 1. The first-order valence-electron chi connectivity index (χ1n) is 9.58. The van der Waals surface area contributed by atoms with Gasteiger partial charge < -0.3 is 5.32 Å². The van der Waals surface area contributed by atoms with Crippen LogP contribution in [0.5, 0.6) is 0 Å². The molecule has 4 rings (SSSR count). The summed E-state index contributed by atoms with van der Waals surface area (Å²) in [5.41, 5.74) is 1.67. The normalized spacial score (nSPS) is 17.3. The molecule has 0 atom stereocenters. The van der Waals surface area contributed by atoms with Gasteiger partial charge >= 0.3 is 5.91 Å². The van der Waals surface area contributed by atoms with Crippen molar-refractivity contribution in [2.45, 2.75) is 0 Å². The molecule has 30 heavy (non-hydrogen) atoms. The lowest BCUT2D eigenvalue weighted by molar-refractivity contribution is -0.117. The molecule has 1 saturated heterocycles. The zero-order valence-electron chi connectivity index (χ0n) is 16.1. The fourth-order valence-electron chi connectivity index (χ4n) is 3.69. The van der Waals surface area contributed by atoms with Crippen LogP contribution in [-0.2, 0) is 9.59 Å². The third-order valence-corrected chi connectivity index (χ3v) is 6.26. The monoisotopic (exact) mass is 490 g/mol. The van der Waals surface area contributed by atoms with Crippen LogP contribution in [0.1, 0.15) is 10.4 Å². The van der Waals surface area contributed by atoms with Crippen molar-refractivity contribution in [1.82, 2.24) is 9.80 Å². The van der Waals surface area contributed by atoms with Gasteiger partial charge in [0, 0.05) is 30.7 Å². The van der Waals surface area contributed by atoms with E-state index in [1.54, 1.807) is 24.3 Å². The van der Waals surface area contributed by atoms with Crippen molar-refractivity contribution in [3.05, 3.63) is 57.5 Å². The minimum absolute atomic E-state index is 0.115. The predicted octanol–water partition coefficient (Wildman–Crippen LogP) is 2.85. The van der Waals surface area contributed by atoms with Crippen LogP contribution in [0.25, 0.3) is 0 Å². The molecule has 2 aromatic rings. The maximum Gasteiger partial charge on any atom is 0.300 e. The standard InChI is InChI=1S/C21H20BrClN4O3/c22-14-4-3-7-17-19(14)20(29)21(30)27(17)13-26-10-8-25(9-11-26)12-18(28)24-16-6-2-1-5-15(16)23/h1-7H,8-13H2,(H,24,28). The van der Waals surface area contributed by atoms with Crippen molar-refractivity contribution in [2.75, 3.05) is 49.6 Å². The van der Waals surface area contributed by atoms with Crippen LogP contribution in [0.2, 0.25) is 5.02 Å². The number of Topliss-reactive ketones (excluding diaryl/α,β-unsaturated/α-hetero) is 1. The smallest absolute Gasteiger partial charge is 0.300 e. The molecule has 156 valence electrons. The Morgan fingerprint density at radius 2 is 1.70 bits per heavy atom. The van der Waals surface area contributed by atoms with E-state index in [1.165, 1.54) is 4.90 Å². The molecule has 0 saturated carbocycles. The summed E-state index contributed by atoms with van der Waals surface area (Å²) in [6, 6.07) is 12.5. The third kappa shape index (κ3) is 4.27. The summed E-state index contributed by atoms with van der Waals surface area (Å²) in [5.74, 6) is -1.10. The molecule has 0 aromatic heterocycles. The van der Waals surface area contributed by atoms with E-state index in [1.807, 2.05) is 18.2 Å². The Morgan fingerprint density at radius 3 is 2.43 bits per heavy atom. The number of hydrogen-bond donors (Lipinski definition) is 1. The molecule has 1 N–H and O–H groups in total. The average molecular weight is 492 g/mol. The van der Waals surface area contributed by atoms with Gasteiger partial charge in [-0.15, -0.1) is 0 Å². The molecule has 0 radical (unpaired) electrons. The summed E-state index contributed by atoms with van der Waals surface area (Å²) in [5, 5.41) is 3.34. The maximum absolute atomic E-state index is 12.5. The number of nitrogens with one attached hydrogen (secondary N) is 1. The molecule has 0 aliphatic carbocycles. The molecule has 0 bridgehead atoms. The van der Waals surface area contributed by atoms with Crippen LogP contribution in [0.4, 0.5) is 11.4 Å². The molecular formula is C21H20BrClN4O3. The third-order valence-electron chi connectivity index (χ3n) is 5.27. The molecule has 2 aliphatic rings. The first-order chi connectivity index (χ1) is 14.4. The van der Waals surface area contributed by atoms with E-state index in [0.717, 1.165) is 0 Å². The van der Waals surface area contributed by atoms with Crippen LogP contribution in [0.15, 0.2) is 46.9 Å². The number of hydrogen-bond acceptors (Lipinski definition) is 5. The Labute approximate surface area is 187 Å². The number of nitrogens with zero attached hydrogens (tertiary/aromatic N) is 3. The minimum Gasteiger partial charge on any atom is -0.324 e. The van der Waals surface area contributed by atoms with E-state index >= 15 is 0 Å². The number of ketones is 1. The maximum atomic E-state index is 12.5. The first kappa shape index (κ1) is 21.0. The SMILES string of the molecule is O=C(CN1CCN(CN2C(=O)C(=O)c3c(Br)cccc32)CC1)Nc1ccccc1Cl. The summed E-state index contributed by atoms with van der Waals surface area (Å²) in [6.07, 6.45) is 0. The van der Waals surface area contributed by atoms with Crippen molar-refractivity contribution in [3.8, 4) is 0 Å². The van der Waals surface area contributed by atoms with Gasteiger partial charge in [0.15, 0.2) is 0 Å². The molecule has 2 heterocycles. The zero-order chi connectivity index (χ0) is 21.3. The largest absolute Gasteiger partial charge is 0.324 e. The second-order valence-electron chi connectivity index (χ2n) is 7.26. The Kier molecular flexibility index (Phi) is 6.19. The molecule has 1 fully saturated rings. The van der Waals surface area contributed by atoms with Crippen molar-refractivity contribution in [2.24, 2.45) is 0 Å². The van der Waals surface area contributed by atoms with E-state index in [0.29, 0.717) is 59.3 Å². The van der Waals surface area contributed by atoms with Crippen LogP contribution in [0.3, 0.4) is 0 Å². The lowest BCUT2D eigenvalue weighted by Gasteiger charge is -2.36. The van der Waals surface area contributed by atoms with Gasteiger partial charge in [0.1, 0.15) is 0 Å². The summed E-state index contributed by atoms with van der Waals surface area (Å²) in [6.45, 7) is 3.40. The number of amides is 2. The molecule has 0 unspecified atom stereocenters. The topological polar surface area (TPSA) is 73.0 Å². The highest BCUT2D eigenvalue weighted by Gasteiger charge is 2.38. The van der Waals surface area contributed by atoms with Crippen molar-refractivity contribution in [3.63, 3.8) is 0 Å². The lowest BCUT2D eigenvalue weighted by atomic mass is 10.1. The van der Waals surface area contributed by atoms with Crippen LogP contribution in [0, 0.1) is 0 Å². The molecular weight excluding hydrogens is 472 g/mol. The quantitative estimate of drug-likeness (QED) is 0.651. The van der Waals surface area contributed by atoms with Gasteiger partial charge in [-0.2, -0.15) is 0 Å². The highest BCUT2D eigenvalue weighted by atomic mass is 79.9. The Balaban J connectivity index is 1.31. The number of rotatable bonds is 5. The van der Waals surface area contributed by atoms with E-state index in [9.17, 15) is 14.4 Å². The van der Waals surface area contributed by atoms with Gasteiger partial charge in [0.05, 0.1) is 35.2 Å². The van der Waals surface area contributed by atoms with Gasteiger partial charge in [-0.1, -0.05) is 29.8 Å². The number of fused-ring (bicyclic) bond motifs is 1. The zero-order valence-corrected chi connectivity index (χ0v) is 18.4. The summed E-state index contributed by atoms with van der Waals surface area (Å²) < 4.78 is 0.634. The summed E-state index contributed by atoms with van der Waals surface area (Å²) in [7, 11) is 0. The molecule has 2 amide bonds. The minimum atomic E-state index is -0.501. The Bertz CT molecular complexity index is 1010. The van der Waals surface area contributed by atoms with Gasteiger partial charge in [-0.3, -0.25) is 29.1 Å². The number of para-hydroxylation sites is 1. The molecule has 2 aromatic carbocycles. The fourth-order valence-corrected chi connectivity index (χ4v) is 4.40. The first-order valence-corrected chi connectivity index (χ1v) is 10.7. The van der Waals surface area contributed by atoms with Crippen LogP contribution < -0.4 is 10.2 Å². The highest BCUT2D eigenvalue weighted by Crippen LogP contribution is 2.34. The number of anilines is 2. The predicted molar refractivity (Wildman–Crippen MR) is 119 cm³/mol. The Morgan fingerprint density at radius 1 is 1.00 bits per heavy atom. The summed E-state index contributed by atoms with van der Waals surface area (Å²) in [4.78, 5) is 42.8. The second kappa shape index (κ2) is 8.85. The second-order valence-corrected chi connectivity index (χ2v) is 8.52. The molecule has 2 aliphatic heterocycles. The van der Waals surface area contributed by atoms with Gasteiger partial charge in [-0.25, -0.2) is 0 Å². The van der Waals surface area contributed by atoms with E-state index in [2.05, 4.69) is 31.0 Å². The van der Waals surface area contributed by atoms with E-state index in [-0.39, 0.29) is 12.5 Å². The average Bonchev–Trinajstić information content (AvgIpc) is 2.97. The van der Waals surface area contributed by atoms with Crippen LogP contribution in [-0.4, -0.2) is 66.8 Å². The number of benzene rings is 2. The Hall–Kier alpha value is -2.26. The molecule has 9 heteroatoms. The number of carbonyl (C=O) groups is 3. The highest BCUT2D eigenvalue weighted by molar-refractivity contribution is 9.10. The van der Waals surface area contributed by atoms with Crippen molar-refractivity contribution in [1.29, 1.82) is 0 Å². The number of carbonyl (C=O) groups excluding carboxylic acids is 3. The molecule has 7 nitrogen and oxygen atoms in total.